The summed E-state index contributed by atoms with van der Waals surface area (Å²) in [5.41, 5.74) is -0.432. The summed E-state index contributed by atoms with van der Waals surface area (Å²) in [6.45, 7) is 11.1. The number of hydrogen-bond donors (Lipinski definition) is 0. The van der Waals surface area contributed by atoms with Crippen LogP contribution in [0.5, 0.6) is 0 Å². The number of rotatable bonds is 2. The number of hydrogen-bond acceptors (Lipinski definition) is 2. The zero-order valence-corrected chi connectivity index (χ0v) is 11.1. The monoisotopic (exact) mass is 240 g/mol. The van der Waals surface area contributed by atoms with Crippen LogP contribution in [0.25, 0.3) is 0 Å². The lowest BCUT2D eigenvalue weighted by Gasteiger charge is -2.42. The first-order valence-electron chi connectivity index (χ1n) is 6.22. The van der Waals surface area contributed by atoms with Gasteiger partial charge in [-0.15, -0.1) is 0 Å². The third-order valence-electron chi connectivity index (χ3n) is 5.37. The Hall–Kier alpha value is -0.860. The summed E-state index contributed by atoms with van der Waals surface area (Å²) < 4.78 is 20.1. The number of ether oxygens (including phenoxy) is 1. The smallest absolute Gasteiger partial charge is 0.335 e. The van der Waals surface area contributed by atoms with Crippen LogP contribution >= 0.6 is 0 Å². The van der Waals surface area contributed by atoms with E-state index in [2.05, 4.69) is 20.4 Å². The molecule has 0 saturated heterocycles. The zero-order valence-electron chi connectivity index (χ0n) is 11.1. The highest BCUT2D eigenvalue weighted by Gasteiger charge is 2.72. The Bertz CT molecular complexity index is 388. The molecule has 3 unspecified atom stereocenters. The van der Waals surface area contributed by atoms with Gasteiger partial charge < -0.3 is 4.74 Å². The molecule has 2 aliphatic rings. The lowest BCUT2D eigenvalue weighted by Crippen LogP contribution is -2.47. The number of esters is 1. The molecule has 0 aromatic heterocycles. The van der Waals surface area contributed by atoms with Crippen molar-refractivity contribution in [3.8, 4) is 0 Å². The molecule has 0 amide bonds. The SMILES string of the molecule is C=C(C)C(=O)OC1(F)CC2CCC1(C)C2(C)C. The van der Waals surface area contributed by atoms with Crippen molar-refractivity contribution in [2.24, 2.45) is 16.7 Å². The molecule has 2 aliphatic carbocycles. The van der Waals surface area contributed by atoms with Crippen molar-refractivity contribution >= 4 is 5.97 Å². The molecule has 2 saturated carbocycles. The van der Waals surface area contributed by atoms with Crippen LogP contribution in [0.3, 0.4) is 0 Å². The van der Waals surface area contributed by atoms with Crippen LogP contribution in [0.15, 0.2) is 12.2 Å². The minimum Gasteiger partial charge on any atom is -0.425 e. The van der Waals surface area contributed by atoms with Crippen molar-refractivity contribution in [3.05, 3.63) is 12.2 Å². The normalized spacial score (nSPS) is 42.5. The second-order valence-corrected chi connectivity index (χ2v) is 6.39. The Morgan fingerprint density at radius 1 is 1.41 bits per heavy atom. The molecule has 0 aliphatic heterocycles. The Morgan fingerprint density at radius 3 is 2.35 bits per heavy atom. The molecule has 0 aromatic rings. The lowest BCUT2D eigenvalue weighted by molar-refractivity contribution is -0.219. The Morgan fingerprint density at radius 2 is 2.00 bits per heavy atom. The van der Waals surface area contributed by atoms with Gasteiger partial charge in [-0.3, -0.25) is 0 Å². The van der Waals surface area contributed by atoms with Gasteiger partial charge in [-0.1, -0.05) is 27.4 Å². The van der Waals surface area contributed by atoms with Crippen LogP contribution in [0.2, 0.25) is 0 Å². The molecule has 3 atom stereocenters. The Kier molecular flexibility index (Phi) is 2.47. The number of fused-ring (bicyclic) bond motifs is 2. The van der Waals surface area contributed by atoms with E-state index in [0.29, 0.717) is 12.3 Å². The first-order chi connectivity index (χ1) is 7.64. The Balaban J connectivity index is 2.30. The van der Waals surface area contributed by atoms with E-state index in [1.165, 1.54) is 0 Å². The average Bonchev–Trinajstić information content (AvgIpc) is 2.49. The molecule has 2 bridgehead atoms. The van der Waals surface area contributed by atoms with Crippen molar-refractivity contribution in [1.29, 1.82) is 0 Å². The largest absolute Gasteiger partial charge is 0.425 e. The summed E-state index contributed by atoms with van der Waals surface area (Å²) in [5.74, 6) is -2.14. The van der Waals surface area contributed by atoms with Crippen molar-refractivity contribution in [1.82, 2.24) is 0 Å². The van der Waals surface area contributed by atoms with Crippen LogP contribution < -0.4 is 0 Å². The van der Waals surface area contributed by atoms with E-state index in [1.807, 2.05) is 6.92 Å². The Labute approximate surface area is 102 Å². The number of carbonyl (C=O) groups excluding carboxylic acids is 1. The van der Waals surface area contributed by atoms with Crippen LogP contribution in [0.1, 0.15) is 47.0 Å². The molecule has 2 nitrogen and oxygen atoms in total. The molecule has 2 fully saturated rings. The maximum atomic E-state index is 15.0. The summed E-state index contributed by atoms with van der Waals surface area (Å²) in [6, 6.07) is 0. The van der Waals surface area contributed by atoms with Crippen molar-refractivity contribution < 1.29 is 13.9 Å². The van der Waals surface area contributed by atoms with Crippen LogP contribution in [-0.4, -0.2) is 11.8 Å². The molecule has 17 heavy (non-hydrogen) atoms. The van der Waals surface area contributed by atoms with Gasteiger partial charge in [0.1, 0.15) is 0 Å². The number of carbonyl (C=O) groups is 1. The summed E-state index contributed by atoms with van der Waals surface area (Å²) >= 11 is 0. The molecule has 0 aromatic carbocycles. The van der Waals surface area contributed by atoms with Gasteiger partial charge in [0.25, 0.3) is 5.85 Å². The van der Waals surface area contributed by atoms with E-state index in [0.717, 1.165) is 12.8 Å². The first kappa shape index (κ1) is 12.6. The predicted octanol–water partition coefficient (Wildman–Crippen LogP) is 3.62. The molecule has 0 heterocycles. The quantitative estimate of drug-likeness (QED) is 0.544. The third-order valence-corrected chi connectivity index (χ3v) is 5.37. The summed E-state index contributed by atoms with van der Waals surface area (Å²) in [5, 5.41) is 0. The van der Waals surface area contributed by atoms with Crippen molar-refractivity contribution in [2.75, 3.05) is 0 Å². The molecular formula is C14H21FO2. The molecule has 3 heteroatoms. The average molecular weight is 240 g/mol. The molecular weight excluding hydrogens is 219 g/mol. The van der Waals surface area contributed by atoms with E-state index in [-0.39, 0.29) is 11.0 Å². The van der Waals surface area contributed by atoms with Crippen LogP contribution in [-0.2, 0) is 9.53 Å². The van der Waals surface area contributed by atoms with E-state index < -0.39 is 17.2 Å². The topological polar surface area (TPSA) is 26.3 Å². The van der Waals surface area contributed by atoms with Gasteiger partial charge in [-0.2, -0.15) is 4.39 Å². The van der Waals surface area contributed by atoms with Gasteiger partial charge in [-0.05, 0) is 31.1 Å². The molecule has 0 N–H and O–H groups in total. The lowest BCUT2D eigenvalue weighted by atomic mass is 9.69. The van der Waals surface area contributed by atoms with Gasteiger partial charge >= 0.3 is 5.97 Å². The van der Waals surface area contributed by atoms with Gasteiger partial charge in [0, 0.05) is 17.4 Å². The second kappa shape index (κ2) is 3.33. The van der Waals surface area contributed by atoms with Gasteiger partial charge in [0.2, 0.25) is 0 Å². The van der Waals surface area contributed by atoms with Gasteiger partial charge in [0.05, 0.1) is 0 Å². The third kappa shape index (κ3) is 1.40. The fourth-order valence-corrected chi connectivity index (χ4v) is 3.55. The molecule has 2 rings (SSSR count). The summed E-state index contributed by atoms with van der Waals surface area (Å²) in [4.78, 5) is 11.6. The fourth-order valence-electron chi connectivity index (χ4n) is 3.55. The second-order valence-electron chi connectivity index (χ2n) is 6.39. The van der Waals surface area contributed by atoms with Crippen molar-refractivity contribution in [2.45, 2.75) is 52.8 Å². The minimum absolute atomic E-state index is 0.114. The molecule has 0 radical (unpaired) electrons. The fraction of sp³-hybridized carbons (Fsp3) is 0.786. The number of halogens is 1. The highest BCUT2D eigenvalue weighted by Crippen LogP contribution is 2.71. The summed E-state index contributed by atoms with van der Waals surface area (Å²) in [7, 11) is 0. The van der Waals surface area contributed by atoms with Gasteiger partial charge in [-0.25, -0.2) is 4.79 Å². The molecule has 0 spiro atoms. The van der Waals surface area contributed by atoms with Crippen LogP contribution in [0.4, 0.5) is 4.39 Å². The van der Waals surface area contributed by atoms with Gasteiger partial charge in [0.15, 0.2) is 0 Å². The minimum atomic E-state index is -1.82. The highest BCUT2D eigenvalue weighted by molar-refractivity contribution is 5.87. The zero-order chi connectivity index (χ0) is 13.1. The van der Waals surface area contributed by atoms with Crippen LogP contribution in [0, 0.1) is 16.7 Å². The first-order valence-corrected chi connectivity index (χ1v) is 6.22. The maximum absolute atomic E-state index is 15.0. The van der Waals surface area contributed by atoms with E-state index in [4.69, 9.17) is 4.74 Å². The van der Waals surface area contributed by atoms with E-state index >= 15 is 4.39 Å². The van der Waals surface area contributed by atoms with E-state index in [1.54, 1.807) is 6.92 Å². The number of alkyl halides is 1. The predicted molar refractivity (Wildman–Crippen MR) is 64.0 cm³/mol. The van der Waals surface area contributed by atoms with E-state index in [9.17, 15) is 4.79 Å². The molecule has 96 valence electrons. The maximum Gasteiger partial charge on any atom is 0.335 e. The van der Waals surface area contributed by atoms with Crippen molar-refractivity contribution in [3.63, 3.8) is 0 Å². The standard InChI is InChI=1S/C14H21FO2/c1-9(2)11(16)17-14(15)8-10-6-7-13(14,5)12(10,3)4/h10H,1,6-8H2,2-5H3. The highest BCUT2D eigenvalue weighted by atomic mass is 19.2. The summed E-state index contributed by atoms with van der Waals surface area (Å²) in [6.07, 6.45) is 2.14.